The Hall–Kier alpha value is -0.570. The zero-order chi connectivity index (χ0) is 13.8. The summed E-state index contributed by atoms with van der Waals surface area (Å²) >= 11 is 0. The fourth-order valence-electron chi connectivity index (χ4n) is 4.85. The zero-order valence-electron chi connectivity index (χ0n) is 12.8. The highest BCUT2D eigenvalue weighted by molar-refractivity contribution is 5.79. The fourth-order valence-corrected chi connectivity index (χ4v) is 4.85. The van der Waals surface area contributed by atoms with E-state index >= 15 is 0 Å². The number of nitrogens with one attached hydrogen (secondary N) is 1. The summed E-state index contributed by atoms with van der Waals surface area (Å²) in [6.07, 6.45) is 3.67. The molecular formula is C16H28N2O. The van der Waals surface area contributed by atoms with E-state index in [9.17, 15) is 4.79 Å². The lowest BCUT2D eigenvalue weighted by atomic mass is 9.65. The Morgan fingerprint density at radius 2 is 1.95 bits per heavy atom. The van der Waals surface area contributed by atoms with Gasteiger partial charge in [-0.1, -0.05) is 27.7 Å². The molecule has 2 aliphatic heterocycles. The van der Waals surface area contributed by atoms with Crippen molar-refractivity contribution in [2.24, 2.45) is 22.7 Å². The van der Waals surface area contributed by atoms with Crippen LogP contribution in [-0.4, -0.2) is 36.5 Å². The van der Waals surface area contributed by atoms with Gasteiger partial charge in [0.2, 0.25) is 5.91 Å². The highest BCUT2D eigenvalue weighted by atomic mass is 16.2. The molecule has 1 amide bonds. The van der Waals surface area contributed by atoms with Gasteiger partial charge in [0.25, 0.3) is 0 Å². The summed E-state index contributed by atoms with van der Waals surface area (Å²) < 4.78 is 0. The largest absolute Gasteiger partial charge is 0.339 e. The van der Waals surface area contributed by atoms with Crippen LogP contribution >= 0.6 is 0 Å². The Balaban J connectivity index is 1.74. The summed E-state index contributed by atoms with van der Waals surface area (Å²) in [6, 6.07) is 0.497. The van der Waals surface area contributed by atoms with Crippen LogP contribution in [0.5, 0.6) is 0 Å². The predicted molar refractivity (Wildman–Crippen MR) is 76.8 cm³/mol. The van der Waals surface area contributed by atoms with Crippen LogP contribution in [0.15, 0.2) is 0 Å². The molecule has 19 heavy (non-hydrogen) atoms. The fraction of sp³-hybridized carbons (Fsp3) is 0.938. The summed E-state index contributed by atoms with van der Waals surface area (Å²) in [4.78, 5) is 15.0. The van der Waals surface area contributed by atoms with Crippen molar-refractivity contribution < 1.29 is 4.79 Å². The predicted octanol–water partition coefficient (Wildman–Crippen LogP) is 2.27. The first kappa shape index (κ1) is 13.4. The molecule has 1 N–H and O–H groups in total. The van der Waals surface area contributed by atoms with Crippen molar-refractivity contribution in [1.82, 2.24) is 10.2 Å². The number of nitrogens with zero attached hydrogens (tertiary/aromatic N) is 1. The lowest BCUT2D eigenvalue weighted by molar-refractivity contribution is -0.138. The topological polar surface area (TPSA) is 32.3 Å². The molecule has 3 atom stereocenters. The van der Waals surface area contributed by atoms with Crippen molar-refractivity contribution >= 4 is 5.91 Å². The molecule has 2 heterocycles. The number of hydrogen-bond donors (Lipinski definition) is 1. The third-order valence-corrected chi connectivity index (χ3v) is 5.61. The van der Waals surface area contributed by atoms with Crippen LogP contribution in [0.1, 0.15) is 47.0 Å². The number of fused-ring (bicyclic) bond motifs is 2. The molecule has 3 aliphatic rings. The van der Waals surface area contributed by atoms with Crippen LogP contribution in [0, 0.1) is 22.7 Å². The van der Waals surface area contributed by atoms with Crippen LogP contribution in [0.3, 0.4) is 0 Å². The molecule has 0 aromatic heterocycles. The molecule has 0 aromatic carbocycles. The minimum atomic E-state index is 0.201. The minimum Gasteiger partial charge on any atom is -0.339 e. The second kappa shape index (κ2) is 4.21. The van der Waals surface area contributed by atoms with Gasteiger partial charge in [0.15, 0.2) is 0 Å². The van der Waals surface area contributed by atoms with Gasteiger partial charge in [0.1, 0.15) is 0 Å². The van der Waals surface area contributed by atoms with E-state index in [1.807, 2.05) is 0 Å². The molecule has 3 nitrogen and oxygen atoms in total. The second-order valence-electron chi connectivity index (χ2n) is 8.39. The molecule has 3 fully saturated rings. The SMILES string of the molecule is CC(C(=O)N1CC2(C)CC1CC(C)(C)C2)C1CNC1. The highest BCUT2D eigenvalue weighted by Gasteiger charge is 2.51. The maximum Gasteiger partial charge on any atom is 0.226 e. The quantitative estimate of drug-likeness (QED) is 0.830. The summed E-state index contributed by atoms with van der Waals surface area (Å²) in [5.41, 5.74) is 0.758. The number of hydrogen-bond acceptors (Lipinski definition) is 2. The minimum absolute atomic E-state index is 0.201. The van der Waals surface area contributed by atoms with E-state index in [1.54, 1.807) is 0 Å². The average Bonchev–Trinajstić information content (AvgIpc) is 2.43. The Kier molecular flexibility index (Phi) is 2.97. The van der Waals surface area contributed by atoms with Gasteiger partial charge >= 0.3 is 0 Å². The normalized spacial score (nSPS) is 38.9. The van der Waals surface area contributed by atoms with Crippen molar-refractivity contribution in [2.75, 3.05) is 19.6 Å². The molecule has 108 valence electrons. The van der Waals surface area contributed by atoms with Crippen molar-refractivity contribution in [1.29, 1.82) is 0 Å². The lowest BCUT2D eigenvalue weighted by Crippen LogP contribution is -2.51. The number of carbonyl (C=O) groups is 1. The zero-order valence-corrected chi connectivity index (χ0v) is 12.8. The van der Waals surface area contributed by atoms with Gasteiger partial charge in [-0.2, -0.15) is 0 Å². The molecule has 3 unspecified atom stereocenters. The van der Waals surface area contributed by atoms with Crippen molar-refractivity contribution in [3.8, 4) is 0 Å². The molecule has 0 spiro atoms. The molecule has 0 radical (unpaired) electrons. The van der Waals surface area contributed by atoms with Gasteiger partial charge in [-0.3, -0.25) is 4.79 Å². The Labute approximate surface area is 117 Å². The maximum absolute atomic E-state index is 12.8. The monoisotopic (exact) mass is 264 g/mol. The van der Waals surface area contributed by atoms with Gasteiger partial charge in [-0.25, -0.2) is 0 Å². The molecule has 3 rings (SSSR count). The average molecular weight is 264 g/mol. The van der Waals surface area contributed by atoms with Gasteiger partial charge < -0.3 is 10.2 Å². The number of rotatable bonds is 2. The van der Waals surface area contributed by atoms with E-state index in [2.05, 4.69) is 37.9 Å². The third kappa shape index (κ3) is 2.31. The Morgan fingerprint density at radius 1 is 1.26 bits per heavy atom. The van der Waals surface area contributed by atoms with Crippen LogP contribution in [0.2, 0.25) is 0 Å². The standard InChI is InChI=1S/C16H28N2O/c1-11(12-7-17-8-12)14(19)18-10-16(4)6-13(18)5-15(2,3)9-16/h11-13,17H,5-10H2,1-4H3. The number of likely N-dealkylation sites (tertiary alicyclic amines) is 1. The number of carbonyl (C=O) groups excluding carboxylic acids is 1. The van der Waals surface area contributed by atoms with Crippen molar-refractivity contribution in [3.05, 3.63) is 0 Å². The maximum atomic E-state index is 12.8. The van der Waals surface area contributed by atoms with E-state index in [4.69, 9.17) is 0 Å². The Bertz CT molecular complexity index is 388. The van der Waals surface area contributed by atoms with E-state index in [0.29, 0.717) is 28.7 Å². The lowest BCUT2D eigenvalue weighted by Gasteiger charge is -2.40. The second-order valence-corrected chi connectivity index (χ2v) is 8.39. The highest BCUT2D eigenvalue weighted by Crippen LogP contribution is 2.52. The Morgan fingerprint density at radius 3 is 2.53 bits per heavy atom. The van der Waals surface area contributed by atoms with E-state index in [0.717, 1.165) is 19.6 Å². The van der Waals surface area contributed by atoms with Crippen LogP contribution in [-0.2, 0) is 4.79 Å². The molecule has 2 saturated heterocycles. The first-order chi connectivity index (χ1) is 8.80. The molecule has 1 saturated carbocycles. The number of amides is 1. The molecule has 2 bridgehead atoms. The summed E-state index contributed by atoms with van der Waals surface area (Å²) in [5, 5.41) is 3.28. The molecule has 0 aromatic rings. The van der Waals surface area contributed by atoms with E-state index in [1.165, 1.54) is 19.3 Å². The molecular weight excluding hydrogens is 236 g/mol. The van der Waals surface area contributed by atoms with Gasteiger partial charge in [-0.15, -0.1) is 0 Å². The van der Waals surface area contributed by atoms with E-state index < -0.39 is 0 Å². The van der Waals surface area contributed by atoms with E-state index in [-0.39, 0.29) is 5.92 Å². The van der Waals surface area contributed by atoms with Crippen LogP contribution < -0.4 is 5.32 Å². The summed E-state index contributed by atoms with van der Waals surface area (Å²) in [5.74, 6) is 1.18. The van der Waals surface area contributed by atoms with Gasteiger partial charge in [-0.05, 0) is 49.1 Å². The first-order valence-electron chi connectivity index (χ1n) is 7.81. The summed E-state index contributed by atoms with van der Waals surface area (Å²) in [6.45, 7) is 12.3. The molecule has 1 aliphatic carbocycles. The molecule has 3 heteroatoms. The first-order valence-corrected chi connectivity index (χ1v) is 7.81. The van der Waals surface area contributed by atoms with Crippen molar-refractivity contribution in [2.45, 2.75) is 53.0 Å². The van der Waals surface area contributed by atoms with Gasteiger partial charge in [0, 0.05) is 18.5 Å². The smallest absolute Gasteiger partial charge is 0.226 e. The van der Waals surface area contributed by atoms with Crippen LogP contribution in [0.25, 0.3) is 0 Å². The van der Waals surface area contributed by atoms with Crippen molar-refractivity contribution in [3.63, 3.8) is 0 Å². The third-order valence-electron chi connectivity index (χ3n) is 5.61. The summed E-state index contributed by atoms with van der Waals surface area (Å²) in [7, 11) is 0. The van der Waals surface area contributed by atoms with Crippen LogP contribution in [0.4, 0.5) is 0 Å². The van der Waals surface area contributed by atoms with Gasteiger partial charge in [0.05, 0.1) is 0 Å².